The molecule has 0 saturated carbocycles. The number of hydrogen-bond acceptors (Lipinski definition) is 5. The lowest BCUT2D eigenvalue weighted by atomic mass is 9.85. The van der Waals surface area contributed by atoms with Gasteiger partial charge in [0, 0.05) is 38.2 Å². The molecule has 2 saturated heterocycles. The summed E-state index contributed by atoms with van der Waals surface area (Å²) in [6, 6.07) is 10.0. The summed E-state index contributed by atoms with van der Waals surface area (Å²) in [5.41, 5.74) is 1.05. The minimum absolute atomic E-state index is 0. The van der Waals surface area contributed by atoms with E-state index in [1.54, 1.807) is 6.20 Å². The summed E-state index contributed by atoms with van der Waals surface area (Å²) < 4.78 is 5.93. The maximum Gasteiger partial charge on any atom is 0.222 e. The Labute approximate surface area is 197 Å². The van der Waals surface area contributed by atoms with Gasteiger partial charge in [-0.2, -0.15) is 0 Å². The summed E-state index contributed by atoms with van der Waals surface area (Å²) in [7, 11) is 0. The van der Waals surface area contributed by atoms with E-state index in [0.717, 1.165) is 56.5 Å². The first-order chi connectivity index (χ1) is 14.2. The molecule has 2 aromatic rings. The number of carbonyl (C=O) groups excluding carboxylic acids is 1. The van der Waals surface area contributed by atoms with Crippen molar-refractivity contribution in [3.05, 3.63) is 42.4 Å². The van der Waals surface area contributed by atoms with E-state index in [2.05, 4.69) is 22.1 Å². The van der Waals surface area contributed by atoms with Crippen molar-refractivity contribution >= 4 is 30.7 Å². The van der Waals surface area contributed by atoms with Crippen molar-refractivity contribution < 1.29 is 9.21 Å². The maximum absolute atomic E-state index is 12.7. The smallest absolute Gasteiger partial charge is 0.222 e. The van der Waals surface area contributed by atoms with Crippen LogP contribution in [0, 0.1) is 11.8 Å². The molecule has 0 spiro atoms. The molecule has 2 aliphatic heterocycles. The average Bonchev–Trinajstić information content (AvgIpc) is 3.24. The van der Waals surface area contributed by atoms with Crippen LogP contribution in [0.3, 0.4) is 0 Å². The van der Waals surface area contributed by atoms with E-state index in [0.29, 0.717) is 30.7 Å². The van der Waals surface area contributed by atoms with Crippen LogP contribution >= 0.6 is 24.8 Å². The molecule has 172 valence electrons. The fraction of sp³-hybridized carbons (Fsp3) is 0.565. The monoisotopic (exact) mass is 468 g/mol. The second-order valence-corrected chi connectivity index (χ2v) is 8.43. The lowest BCUT2D eigenvalue weighted by molar-refractivity contribution is -0.134. The molecule has 0 bridgehead atoms. The molecule has 6 nitrogen and oxygen atoms in total. The maximum atomic E-state index is 12.7. The molecule has 2 fully saturated rings. The van der Waals surface area contributed by atoms with Crippen LogP contribution in [0.15, 0.2) is 40.9 Å². The Morgan fingerprint density at radius 2 is 1.94 bits per heavy atom. The number of nitrogens with one attached hydrogen (secondary N) is 1. The van der Waals surface area contributed by atoms with Crippen LogP contribution < -0.4 is 5.32 Å². The van der Waals surface area contributed by atoms with Crippen LogP contribution in [0.2, 0.25) is 0 Å². The predicted octanol–water partition coefficient (Wildman–Crippen LogP) is 3.86. The Balaban J connectivity index is 0.00000171. The SMILES string of the molecule is CC(CC(=O)N1CCN(Cc2ncc(-c3ccccc3)o2)CC1)C1CCCNC1.Cl.Cl. The highest BCUT2D eigenvalue weighted by molar-refractivity contribution is 5.85. The number of oxazole rings is 1. The fourth-order valence-corrected chi connectivity index (χ4v) is 4.40. The van der Waals surface area contributed by atoms with Crippen LogP contribution in [0.1, 0.15) is 32.1 Å². The van der Waals surface area contributed by atoms with Crippen molar-refractivity contribution in [1.29, 1.82) is 0 Å². The van der Waals surface area contributed by atoms with Gasteiger partial charge in [-0.25, -0.2) is 4.98 Å². The molecule has 0 radical (unpaired) electrons. The largest absolute Gasteiger partial charge is 0.439 e. The van der Waals surface area contributed by atoms with Crippen LogP contribution in [0.4, 0.5) is 0 Å². The number of amides is 1. The summed E-state index contributed by atoms with van der Waals surface area (Å²) in [5, 5.41) is 3.46. The van der Waals surface area contributed by atoms with Crippen molar-refractivity contribution in [2.45, 2.75) is 32.7 Å². The highest BCUT2D eigenvalue weighted by atomic mass is 35.5. The van der Waals surface area contributed by atoms with E-state index >= 15 is 0 Å². The molecular weight excluding hydrogens is 435 g/mol. The van der Waals surface area contributed by atoms with Gasteiger partial charge in [-0.05, 0) is 37.8 Å². The molecule has 1 aromatic carbocycles. The van der Waals surface area contributed by atoms with Crippen LogP contribution in [0.5, 0.6) is 0 Å². The summed E-state index contributed by atoms with van der Waals surface area (Å²) in [4.78, 5) is 21.5. The first-order valence-corrected chi connectivity index (χ1v) is 10.9. The van der Waals surface area contributed by atoms with Gasteiger partial charge < -0.3 is 14.6 Å². The Bertz CT molecular complexity index is 788. The number of piperazine rings is 1. The van der Waals surface area contributed by atoms with E-state index in [-0.39, 0.29) is 24.8 Å². The third-order valence-electron chi connectivity index (χ3n) is 6.33. The van der Waals surface area contributed by atoms with Gasteiger partial charge in [-0.15, -0.1) is 24.8 Å². The van der Waals surface area contributed by atoms with Crippen LogP contribution in [0.25, 0.3) is 11.3 Å². The summed E-state index contributed by atoms with van der Waals surface area (Å²) in [5.74, 6) is 2.95. The minimum atomic E-state index is 0. The minimum Gasteiger partial charge on any atom is -0.439 e. The highest BCUT2D eigenvalue weighted by Gasteiger charge is 2.26. The second-order valence-electron chi connectivity index (χ2n) is 8.43. The first kappa shape index (κ1) is 25.7. The first-order valence-electron chi connectivity index (χ1n) is 10.9. The zero-order valence-corrected chi connectivity index (χ0v) is 19.8. The summed E-state index contributed by atoms with van der Waals surface area (Å²) in [6.45, 7) is 8.43. The predicted molar refractivity (Wildman–Crippen MR) is 128 cm³/mol. The van der Waals surface area contributed by atoms with Crippen molar-refractivity contribution in [3.8, 4) is 11.3 Å². The van der Waals surface area contributed by atoms with Crippen LogP contribution in [-0.4, -0.2) is 60.0 Å². The van der Waals surface area contributed by atoms with Gasteiger partial charge in [0.15, 0.2) is 5.76 Å². The molecule has 2 unspecified atom stereocenters. The average molecular weight is 469 g/mol. The van der Waals surface area contributed by atoms with Crippen molar-refractivity contribution in [3.63, 3.8) is 0 Å². The van der Waals surface area contributed by atoms with E-state index in [1.807, 2.05) is 35.2 Å². The lowest BCUT2D eigenvalue weighted by Crippen LogP contribution is -2.49. The van der Waals surface area contributed by atoms with Crippen molar-refractivity contribution in [1.82, 2.24) is 20.1 Å². The molecule has 31 heavy (non-hydrogen) atoms. The van der Waals surface area contributed by atoms with Gasteiger partial charge in [0.25, 0.3) is 0 Å². The summed E-state index contributed by atoms with van der Waals surface area (Å²) in [6.07, 6.45) is 4.95. The van der Waals surface area contributed by atoms with Gasteiger partial charge in [-0.3, -0.25) is 9.69 Å². The van der Waals surface area contributed by atoms with E-state index in [1.165, 1.54) is 12.8 Å². The van der Waals surface area contributed by atoms with Crippen molar-refractivity contribution in [2.75, 3.05) is 39.3 Å². The van der Waals surface area contributed by atoms with E-state index in [4.69, 9.17) is 4.42 Å². The van der Waals surface area contributed by atoms with Gasteiger partial charge in [0.2, 0.25) is 11.8 Å². The fourth-order valence-electron chi connectivity index (χ4n) is 4.40. The molecule has 2 atom stereocenters. The topological polar surface area (TPSA) is 61.6 Å². The number of carbonyl (C=O) groups is 1. The van der Waals surface area contributed by atoms with Gasteiger partial charge in [-0.1, -0.05) is 37.3 Å². The molecule has 1 N–H and O–H groups in total. The normalized spacial score (nSPS) is 20.4. The number of aromatic nitrogens is 1. The lowest BCUT2D eigenvalue weighted by Gasteiger charge is -2.35. The van der Waals surface area contributed by atoms with Crippen LogP contribution in [-0.2, 0) is 11.3 Å². The number of piperidine rings is 1. The zero-order chi connectivity index (χ0) is 20.1. The number of benzene rings is 1. The number of halogens is 2. The molecular formula is C23H34Cl2N4O2. The quantitative estimate of drug-likeness (QED) is 0.697. The Kier molecular flexibility index (Phi) is 10.3. The number of rotatable bonds is 6. The highest BCUT2D eigenvalue weighted by Crippen LogP contribution is 2.24. The Hall–Kier alpha value is -1.60. The molecule has 1 aromatic heterocycles. The molecule has 2 aliphatic rings. The van der Waals surface area contributed by atoms with Crippen molar-refractivity contribution in [2.24, 2.45) is 11.8 Å². The Morgan fingerprint density at radius 1 is 1.19 bits per heavy atom. The Morgan fingerprint density at radius 3 is 2.61 bits per heavy atom. The third kappa shape index (κ3) is 6.94. The molecule has 8 heteroatoms. The molecule has 1 amide bonds. The molecule has 3 heterocycles. The molecule has 4 rings (SSSR count). The van der Waals surface area contributed by atoms with Gasteiger partial charge >= 0.3 is 0 Å². The van der Waals surface area contributed by atoms with Gasteiger partial charge in [0.05, 0.1) is 12.7 Å². The second kappa shape index (κ2) is 12.4. The zero-order valence-electron chi connectivity index (χ0n) is 18.2. The standard InChI is InChI=1S/C23H32N4O2.2ClH/c1-18(20-8-5-9-24-15-20)14-23(28)27-12-10-26(11-13-27)17-22-25-16-21(29-22)19-6-3-2-4-7-19;;/h2-4,6-7,16,18,20,24H,5,8-15,17H2,1H3;2*1H. The third-order valence-corrected chi connectivity index (χ3v) is 6.33. The molecule has 0 aliphatic carbocycles. The van der Waals surface area contributed by atoms with E-state index in [9.17, 15) is 4.79 Å². The number of nitrogens with zero attached hydrogens (tertiary/aromatic N) is 3. The summed E-state index contributed by atoms with van der Waals surface area (Å²) >= 11 is 0. The van der Waals surface area contributed by atoms with E-state index < -0.39 is 0 Å². The van der Waals surface area contributed by atoms with Gasteiger partial charge in [0.1, 0.15) is 0 Å². The number of hydrogen-bond donors (Lipinski definition) is 1.